The number of aromatic nitrogens is 1. The molecule has 1 N–H and O–H groups in total. The molecular weight excluding hydrogens is 364 g/mol. The van der Waals surface area contributed by atoms with E-state index in [1.165, 1.54) is 5.69 Å². The molecule has 7 nitrogen and oxygen atoms in total. The number of benzene rings is 1. The molecule has 0 aliphatic carbocycles. The fraction of sp³-hybridized carbons (Fsp3) is 0.368. The van der Waals surface area contributed by atoms with E-state index in [0.717, 1.165) is 39.0 Å². The van der Waals surface area contributed by atoms with Crippen LogP contribution in [0.25, 0.3) is 0 Å². The predicted octanol–water partition coefficient (Wildman–Crippen LogP) is 1.85. The average molecular weight is 388 g/mol. The number of piperazine rings is 1. The molecular formula is C19H24N4O3S. The minimum absolute atomic E-state index is 0.0671. The maximum atomic E-state index is 12.4. The van der Waals surface area contributed by atoms with Crippen molar-refractivity contribution in [2.24, 2.45) is 0 Å². The van der Waals surface area contributed by atoms with Gasteiger partial charge in [0.05, 0.1) is 6.26 Å². The van der Waals surface area contributed by atoms with E-state index < -0.39 is 10.0 Å². The molecule has 0 spiro atoms. The molecule has 1 aliphatic heterocycles. The van der Waals surface area contributed by atoms with Gasteiger partial charge < -0.3 is 4.90 Å². The molecule has 2 aromatic rings. The summed E-state index contributed by atoms with van der Waals surface area (Å²) in [6.45, 7) is 4.44. The van der Waals surface area contributed by atoms with Crippen LogP contribution >= 0.6 is 0 Å². The van der Waals surface area contributed by atoms with Crippen molar-refractivity contribution in [3.05, 3.63) is 54.4 Å². The highest BCUT2D eigenvalue weighted by Crippen LogP contribution is 2.16. The molecule has 2 heterocycles. The third kappa shape index (κ3) is 5.77. The van der Waals surface area contributed by atoms with Crippen LogP contribution in [0.5, 0.6) is 0 Å². The van der Waals surface area contributed by atoms with Gasteiger partial charge >= 0.3 is 0 Å². The van der Waals surface area contributed by atoms with E-state index in [1.54, 1.807) is 36.7 Å². The molecule has 1 saturated heterocycles. The molecule has 0 unspecified atom stereocenters. The Kier molecular flexibility index (Phi) is 6.08. The van der Waals surface area contributed by atoms with E-state index in [0.29, 0.717) is 17.7 Å². The third-order valence-electron chi connectivity index (χ3n) is 4.57. The van der Waals surface area contributed by atoms with Crippen molar-refractivity contribution in [2.75, 3.05) is 48.6 Å². The fourth-order valence-corrected chi connectivity index (χ4v) is 3.69. The minimum Gasteiger partial charge on any atom is -0.369 e. The SMILES string of the molecule is CS(=O)(=O)Nc1ccc(C(=O)CCN2CCN(c3ccncc3)CC2)cc1. The number of hydrogen-bond acceptors (Lipinski definition) is 6. The summed E-state index contributed by atoms with van der Waals surface area (Å²) in [5, 5.41) is 0. The number of ketones is 1. The molecule has 3 rings (SSSR count). The van der Waals surface area contributed by atoms with Crippen molar-refractivity contribution in [3.8, 4) is 0 Å². The van der Waals surface area contributed by atoms with Gasteiger partial charge in [-0.15, -0.1) is 0 Å². The summed E-state index contributed by atoms with van der Waals surface area (Å²) in [6, 6.07) is 10.6. The lowest BCUT2D eigenvalue weighted by Crippen LogP contribution is -2.46. The average Bonchev–Trinajstić information content (AvgIpc) is 2.66. The number of sulfonamides is 1. The van der Waals surface area contributed by atoms with Crippen molar-refractivity contribution in [3.63, 3.8) is 0 Å². The van der Waals surface area contributed by atoms with Crippen LogP contribution in [0.4, 0.5) is 11.4 Å². The van der Waals surface area contributed by atoms with Crippen LogP contribution in [0.1, 0.15) is 16.8 Å². The summed E-state index contributed by atoms with van der Waals surface area (Å²) < 4.78 is 24.8. The first-order valence-electron chi connectivity index (χ1n) is 8.89. The second-order valence-corrected chi connectivity index (χ2v) is 8.41. The lowest BCUT2D eigenvalue weighted by molar-refractivity contribution is 0.0962. The number of carbonyl (C=O) groups is 1. The molecule has 0 atom stereocenters. The summed E-state index contributed by atoms with van der Waals surface area (Å²) in [4.78, 5) is 21.1. The second kappa shape index (κ2) is 8.49. The number of hydrogen-bond donors (Lipinski definition) is 1. The molecule has 0 amide bonds. The summed E-state index contributed by atoms with van der Waals surface area (Å²) in [6.07, 6.45) is 5.16. The van der Waals surface area contributed by atoms with E-state index in [4.69, 9.17) is 0 Å². The molecule has 8 heteroatoms. The Bertz CT molecular complexity index is 862. The van der Waals surface area contributed by atoms with Gasteiger partial charge in [0, 0.05) is 68.5 Å². The highest BCUT2D eigenvalue weighted by molar-refractivity contribution is 7.92. The van der Waals surface area contributed by atoms with Gasteiger partial charge in [-0.05, 0) is 36.4 Å². The van der Waals surface area contributed by atoms with E-state index in [9.17, 15) is 13.2 Å². The van der Waals surface area contributed by atoms with Crippen LogP contribution in [0.2, 0.25) is 0 Å². The third-order valence-corrected chi connectivity index (χ3v) is 5.17. The molecule has 27 heavy (non-hydrogen) atoms. The molecule has 1 aliphatic rings. The van der Waals surface area contributed by atoms with Gasteiger partial charge in [0.25, 0.3) is 0 Å². The smallest absolute Gasteiger partial charge is 0.229 e. The Balaban J connectivity index is 1.46. The Labute approximate surface area is 160 Å². The zero-order chi connectivity index (χ0) is 19.3. The summed E-state index contributed by atoms with van der Waals surface area (Å²) >= 11 is 0. The van der Waals surface area contributed by atoms with E-state index in [-0.39, 0.29) is 5.78 Å². The predicted molar refractivity (Wildman–Crippen MR) is 107 cm³/mol. The van der Waals surface area contributed by atoms with Crippen molar-refractivity contribution in [1.82, 2.24) is 9.88 Å². The molecule has 144 valence electrons. The number of anilines is 2. The van der Waals surface area contributed by atoms with Crippen LogP contribution in [-0.4, -0.2) is 63.1 Å². The van der Waals surface area contributed by atoms with Gasteiger partial charge in [-0.3, -0.25) is 19.4 Å². The topological polar surface area (TPSA) is 82.6 Å². The summed E-state index contributed by atoms with van der Waals surface area (Å²) in [5.74, 6) is 0.0671. The Hall–Kier alpha value is -2.45. The normalized spacial score (nSPS) is 15.5. The molecule has 1 aromatic heterocycles. The van der Waals surface area contributed by atoms with Crippen LogP contribution in [0.3, 0.4) is 0 Å². The first kappa shape index (κ1) is 19.3. The summed E-state index contributed by atoms with van der Waals surface area (Å²) in [7, 11) is -3.31. The number of Topliss-reactive ketones (excluding diaryl/α,β-unsaturated/α-hetero) is 1. The lowest BCUT2D eigenvalue weighted by Gasteiger charge is -2.35. The number of pyridine rings is 1. The standard InChI is InChI=1S/C19H24N4O3S/c1-27(25,26)21-17-4-2-16(3-5-17)19(24)8-11-22-12-14-23(15-13-22)18-6-9-20-10-7-18/h2-7,9-10,21H,8,11-15H2,1H3. The molecule has 0 radical (unpaired) electrons. The van der Waals surface area contributed by atoms with Crippen molar-refractivity contribution < 1.29 is 13.2 Å². The minimum atomic E-state index is -3.31. The fourth-order valence-electron chi connectivity index (χ4n) is 3.13. The summed E-state index contributed by atoms with van der Waals surface area (Å²) in [5.41, 5.74) is 2.24. The molecule has 0 saturated carbocycles. The van der Waals surface area contributed by atoms with Crippen molar-refractivity contribution in [1.29, 1.82) is 0 Å². The monoisotopic (exact) mass is 388 g/mol. The zero-order valence-electron chi connectivity index (χ0n) is 15.3. The maximum absolute atomic E-state index is 12.4. The first-order valence-corrected chi connectivity index (χ1v) is 10.8. The molecule has 0 bridgehead atoms. The van der Waals surface area contributed by atoms with E-state index in [2.05, 4.69) is 19.5 Å². The Morgan fingerprint density at radius 2 is 1.67 bits per heavy atom. The first-order chi connectivity index (χ1) is 12.9. The lowest BCUT2D eigenvalue weighted by atomic mass is 10.1. The van der Waals surface area contributed by atoms with E-state index in [1.807, 2.05) is 12.1 Å². The number of carbonyl (C=O) groups excluding carboxylic acids is 1. The van der Waals surface area contributed by atoms with E-state index >= 15 is 0 Å². The Morgan fingerprint density at radius 1 is 1.04 bits per heavy atom. The van der Waals surface area contributed by atoms with Crippen LogP contribution in [-0.2, 0) is 10.0 Å². The van der Waals surface area contributed by atoms with Gasteiger partial charge in [-0.1, -0.05) is 0 Å². The second-order valence-electron chi connectivity index (χ2n) is 6.66. The number of rotatable bonds is 7. The van der Waals surface area contributed by atoms with Crippen LogP contribution in [0.15, 0.2) is 48.8 Å². The van der Waals surface area contributed by atoms with Gasteiger partial charge in [0.15, 0.2) is 5.78 Å². The van der Waals surface area contributed by atoms with Gasteiger partial charge in [-0.25, -0.2) is 8.42 Å². The number of nitrogens with zero attached hydrogens (tertiary/aromatic N) is 3. The van der Waals surface area contributed by atoms with Gasteiger partial charge in [0.1, 0.15) is 0 Å². The van der Waals surface area contributed by atoms with Gasteiger partial charge in [0.2, 0.25) is 10.0 Å². The highest BCUT2D eigenvalue weighted by Gasteiger charge is 2.18. The zero-order valence-corrected chi connectivity index (χ0v) is 16.2. The van der Waals surface area contributed by atoms with Crippen molar-refractivity contribution >= 4 is 27.2 Å². The molecule has 1 fully saturated rings. The highest BCUT2D eigenvalue weighted by atomic mass is 32.2. The largest absolute Gasteiger partial charge is 0.369 e. The van der Waals surface area contributed by atoms with Gasteiger partial charge in [-0.2, -0.15) is 0 Å². The van der Waals surface area contributed by atoms with Crippen LogP contribution < -0.4 is 9.62 Å². The van der Waals surface area contributed by atoms with Crippen LogP contribution in [0, 0.1) is 0 Å². The number of nitrogens with one attached hydrogen (secondary N) is 1. The van der Waals surface area contributed by atoms with Crippen molar-refractivity contribution in [2.45, 2.75) is 6.42 Å². The molecule has 1 aromatic carbocycles. The Morgan fingerprint density at radius 3 is 2.26 bits per heavy atom. The maximum Gasteiger partial charge on any atom is 0.229 e. The quantitative estimate of drug-likeness (QED) is 0.729.